The first kappa shape index (κ1) is 30.4. The quantitative estimate of drug-likeness (QED) is 0.142. The van der Waals surface area contributed by atoms with Crippen LogP contribution in [0.4, 0.5) is 28.9 Å². The van der Waals surface area contributed by atoms with Crippen LogP contribution in [0.2, 0.25) is 0 Å². The zero-order valence-corrected chi connectivity index (χ0v) is 23.6. The fourth-order valence-corrected chi connectivity index (χ4v) is 5.19. The molecular formula is C28H31F4N5O3S. The molecule has 41 heavy (non-hydrogen) atoms. The largest absolute Gasteiger partial charge is 0.465 e. The number of carbonyl (C=O) groups is 1. The Balaban J connectivity index is 1.59. The molecular weight excluding hydrogens is 562 g/mol. The number of thioether (sulfide) groups is 1. The van der Waals surface area contributed by atoms with E-state index < -0.39 is 17.7 Å². The second kappa shape index (κ2) is 13.4. The Hall–Kier alpha value is -3.60. The zero-order chi connectivity index (χ0) is 29.6. The van der Waals surface area contributed by atoms with Crippen LogP contribution >= 0.6 is 11.8 Å². The summed E-state index contributed by atoms with van der Waals surface area (Å²) in [5, 5.41) is 8.73. The van der Waals surface area contributed by atoms with Crippen molar-refractivity contribution >= 4 is 34.6 Å². The fraction of sp³-hybridized carbons (Fsp3) is 0.393. The SMILES string of the molecule is CNC(=O)c1ccc(NCC#Cc2cc3c(N[C@@H]4CCN(C)C[C@@H]4F)cccn3c2SC(F)(F)F)c(OCOC)c1. The van der Waals surface area contributed by atoms with Crippen molar-refractivity contribution in [3.8, 4) is 17.6 Å². The number of nitrogens with zero attached hydrogens (tertiary/aromatic N) is 2. The van der Waals surface area contributed by atoms with Gasteiger partial charge in [0, 0.05) is 50.8 Å². The molecule has 4 rings (SSSR count). The average Bonchev–Trinajstić information content (AvgIpc) is 3.27. The van der Waals surface area contributed by atoms with E-state index in [9.17, 15) is 22.4 Å². The van der Waals surface area contributed by atoms with Gasteiger partial charge in [0.05, 0.1) is 35.0 Å². The minimum absolute atomic E-state index is 0.0516. The number of anilines is 2. The number of hydrogen-bond acceptors (Lipinski definition) is 7. The summed E-state index contributed by atoms with van der Waals surface area (Å²) < 4.78 is 67.2. The van der Waals surface area contributed by atoms with Crippen molar-refractivity contribution in [3.05, 3.63) is 53.7 Å². The van der Waals surface area contributed by atoms with Crippen LogP contribution in [0.25, 0.3) is 5.52 Å². The summed E-state index contributed by atoms with van der Waals surface area (Å²) in [7, 11) is 4.83. The van der Waals surface area contributed by atoms with Gasteiger partial charge in [-0.25, -0.2) is 4.39 Å². The van der Waals surface area contributed by atoms with E-state index in [0.717, 1.165) is 0 Å². The summed E-state index contributed by atoms with van der Waals surface area (Å²) in [6, 6.07) is 9.28. The second-order valence-corrected chi connectivity index (χ2v) is 10.5. The van der Waals surface area contributed by atoms with Crippen LogP contribution in [0.15, 0.2) is 47.6 Å². The van der Waals surface area contributed by atoms with Gasteiger partial charge in [-0.2, -0.15) is 13.2 Å². The molecule has 1 amide bonds. The first-order valence-corrected chi connectivity index (χ1v) is 13.6. The van der Waals surface area contributed by atoms with E-state index in [4.69, 9.17) is 9.47 Å². The van der Waals surface area contributed by atoms with Crippen LogP contribution in [-0.2, 0) is 4.74 Å². The Morgan fingerprint density at radius 3 is 2.73 bits per heavy atom. The summed E-state index contributed by atoms with van der Waals surface area (Å²) in [4.78, 5) is 13.9. The van der Waals surface area contributed by atoms with E-state index in [1.807, 2.05) is 11.9 Å². The molecule has 0 aliphatic carbocycles. The van der Waals surface area contributed by atoms with Gasteiger partial charge in [0.25, 0.3) is 5.91 Å². The molecule has 0 bridgehead atoms. The standard InChI is InChI=1S/C28H31F4N5O3S/c1-33-26(38)18-8-9-23(25(15-18)40-17-39-3)34-11-4-6-19-14-24-22(35-21-10-13-36(2)16-20(21)29)7-5-12-37(24)27(19)41-28(30,31)32/h5,7-9,12,14-15,20-21,34-35H,10-11,13,16-17H2,1-3H3,(H,33,38)/t20-,21+/m0/s1. The highest BCUT2D eigenvalue weighted by molar-refractivity contribution is 8.00. The molecule has 0 saturated carbocycles. The van der Waals surface area contributed by atoms with Crippen molar-refractivity contribution in [2.45, 2.75) is 29.2 Å². The van der Waals surface area contributed by atoms with E-state index in [-0.39, 0.29) is 48.1 Å². The normalized spacial score (nSPS) is 17.5. The highest BCUT2D eigenvalue weighted by atomic mass is 32.2. The molecule has 0 spiro atoms. The van der Waals surface area contributed by atoms with Crippen molar-refractivity contribution in [1.29, 1.82) is 0 Å². The van der Waals surface area contributed by atoms with Crippen LogP contribution in [0.5, 0.6) is 5.75 Å². The predicted molar refractivity (Wildman–Crippen MR) is 151 cm³/mol. The molecule has 1 saturated heterocycles. The summed E-state index contributed by atoms with van der Waals surface area (Å²) in [6.07, 6.45) is 0.997. The minimum Gasteiger partial charge on any atom is -0.465 e. The number of aromatic nitrogens is 1. The number of methoxy groups -OCH3 is 1. The van der Waals surface area contributed by atoms with Crippen LogP contribution in [0, 0.1) is 11.8 Å². The molecule has 2 atom stereocenters. The average molecular weight is 594 g/mol. The van der Waals surface area contributed by atoms with Gasteiger partial charge in [-0.1, -0.05) is 11.8 Å². The molecule has 1 aliphatic rings. The number of hydrogen-bond donors (Lipinski definition) is 3. The Kier molecular flexibility index (Phi) is 9.90. The number of likely N-dealkylation sites (tertiary alicyclic amines) is 1. The maximum Gasteiger partial charge on any atom is 0.447 e. The number of rotatable bonds is 9. The van der Waals surface area contributed by atoms with E-state index in [0.29, 0.717) is 41.2 Å². The topological polar surface area (TPSA) is 79.3 Å². The molecule has 8 nitrogen and oxygen atoms in total. The highest BCUT2D eigenvalue weighted by Crippen LogP contribution is 2.41. The number of amides is 1. The van der Waals surface area contributed by atoms with Gasteiger partial charge in [-0.15, -0.1) is 0 Å². The number of alkyl halides is 4. The van der Waals surface area contributed by atoms with Crippen molar-refractivity contribution in [3.63, 3.8) is 0 Å². The van der Waals surface area contributed by atoms with Crippen molar-refractivity contribution < 1.29 is 31.8 Å². The third-order valence-corrected chi connectivity index (χ3v) is 7.30. The third-order valence-electron chi connectivity index (χ3n) is 6.46. The molecule has 1 aliphatic heterocycles. The van der Waals surface area contributed by atoms with Crippen LogP contribution in [-0.4, -0.2) is 80.6 Å². The Bertz CT molecular complexity index is 1440. The lowest BCUT2D eigenvalue weighted by atomic mass is 10.0. The lowest BCUT2D eigenvalue weighted by molar-refractivity contribution is -0.0329. The second-order valence-electron chi connectivity index (χ2n) is 9.40. The number of benzene rings is 1. The smallest absolute Gasteiger partial charge is 0.447 e. The summed E-state index contributed by atoms with van der Waals surface area (Å²) in [5.41, 5.74) is -2.42. The molecule has 13 heteroatoms. The number of piperidine rings is 1. The number of pyridine rings is 1. The lowest BCUT2D eigenvalue weighted by Gasteiger charge is -2.33. The van der Waals surface area contributed by atoms with Crippen LogP contribution < -0.4 is 20.7 Å². The predicted octanol–water partition coefficient (Wildman–Crippen LogP) is 4.81. The van der Waals surface area contributed by atoms with Crippen molar-refractivity contribution in [2.24, 2.45) is 0 Å². The van der Waals surface area contributed by atoms with Crippen molar-refractivity contribution in [1.82, 2.24) is 14.6 Å². The Morgan fingerprint density at radius 2 is 2.02 bits per heavy atom. The lowest BCUT2D eigenvalue weighted by Crippen LogP contribution is -2.46. The minimum atomic E-state index is -4.54. The molecule has 220 valence electrons. The fourth-order valence-electron chi connectivity index (χ4n) is 4.49. The van der Waals surface area contributed by atoms with E-state index in [1.54, 1.807) is 36.4 Å². The molecule has 0 radical (unpaired) electrons. The van der Waals surface area contributed by atoms with Gasteiger partial charge in [0.1, 0.15) is 16.9 Å². The van der Waals surface area contributed by atoms with Gasteiger partial charge >= 0.3 is 5.51 Å². The molecule has 3 aromatic rings. The highest BCUT2D eigenvalue weighted by Gasteiger charge is 2.33. The maximum absolute atomic E-state index is 14.7. The molecule has 3 heterocycles. The number of ether oxygens (including phenoxy) is 2. The number of nitrogens with one attached hydrogen (secondary N) is 3. The molecule has 1 aromatic carbocycles. The molecule has 2 aromatic heterocycles. The van der Waals surface area contributed by atoms with Gasteiger partial charge in [-0.05, 0) is 49.9 Å². The van der Waals surface area contributed by atoms with E-state index in [1.165, 1.54) is 24.8 Å². The summed E-state index contributed by atoms with van der Waals surface area (Å²) in [5.74, 6) is 5.79. The van der Waals surface area contributed by atoms with Crippen molar-refractivity contribution in [2.75, 3.05) is 58.3 Å². The summed E-state index contributed by atoms with van der Waals surface area (Å²) >= 11 is -0.249. The summed E-state index contributed by atoms with van der Waals surface area (Å²) in [6.45, 7) is 1.03. The number of halogens is 4. The Labute approximate surface area is 239 Å². The maximum atomic E-state index is 14.7. The monoisotopic (exact) mass is 593 g/mol. The van der Waals surface area contributed by atoms with Gasteiger partial charge < -0.3 is 34.7 Å². The zero-order valence-electron chi connectivity index (χ0n) is 22.8. The Morgan fingerprint density at radius 1 is 1.22 bits per heavy atom. The first-order valence-electron chi connectivity index (χ1n) is 12.8. The van der Waals surface area contributed by atoms with Crippen LogP contribution in [0.1, 0.15) is 22.3 Å². The van der Waals surface area contributed by atoms with Crippen LogP contribution in [0.3, 0.4) is 0 Å². The first-order chi connectivity index (χ1) is 19.6. The number of fused-ring (bicyclic) bond motifs is 1. The molecule has 1 fully saturated rings. The van der Waals surface area contributed by atoms with E-state index in [2.05, 4.69) is 27.8 Å². The third kappa shape index (κ3) is 7.78. The van der Waals surface area contributed by atoms with Gasteiger partial charge in [0.15, 0.2) is 6.79 Å². The van der Waals surface area contributed by atoms with Gasteiger partial charge in [0.2, 0.25) is 0 Å². The molecule has 0 unspecified atom stereocenters. The van der Waals surface area contributed by atoms with E-state index >= 15 is 0 Å². The molecule has 3 N–H and O–H groups in total. The number of carbonyl (C=O) groups excluding carboxylic acids is 1. The van der Waals surface area contributed by atoms with Gasteiger partial charge in [-0.3, -0.25) is 4.79 Å².